The van der Waals surface area contributed by atoms with Crippen LogP contribution in [0.4, 0.5) is 5.69 Å². The second kappa shape index (κ2) is 7.76. The van der Waals surface area contributed by atoms with Gasteiger partial charge in [0.05, 0.1) is 4.92 Å². The van der Waals surface area contributed by atoms with E-state index in [1.807, 2.05) is 6.92 Å². The van der Waals surface area contributed by atoms with Gasteiger partial charge < -0.3 is 10.6 Å². The second-order valence-electron chi connectivity index (χ2n) is 5.34. The zero-order chi connectivity index (χ0) is 15.6. The van der Waals surface area contributed by atoms with Crippen molar-refractivity contribution >= 4 is 35.6 Å². The first-order chi connectivity index (χ1) is 9.91. The Hall–Kier alpha value is -1.37. The normalized spacial score (nSPS) is 19.2. The van der Waals surface area contributed by atoms with E-state index < -0.39 is 4.92 Å². The molecule has 1 amide bonds. The fraction of sp³-hybridized carbons (Fsp3) is 0.500. The maximum atomic E-state index is 12.7. The molecule has 0 spiro atoms. The standard InChI is InChI=1S/C14H18ClN3O3.ClH/c1-9(16)12-4-2-3-7-17(12)14(19)11-6-5-10(15)8-13(11)18(20)21;/h5-6,8-9,12H,2-4,7,16H2,1H3;1H. The van der Waals surface area contributed by atoms with Crippen molar-refractivity contribution in [2.24, 2.45) is 5.73 Å². The molecule has 0 bridgehead atoms. The van der Waals surface area contributed by atoms with Gasteiger partial charge >= 0.3 is 0 Å². The molecule has 2 rings (SSSR count). The molecule has 0 aliphatic carbocycles. The summed E-state index contributed by atoms with van der Waals surface area (Å²) in [6.07, 6.45) is 2.72. The summed E-state index contributed by atoms with van der Waals surface area (Å²) in [6.45, 7) is 2.43. The number of benzene rings is 1. The molecule has 2 atom stereocenters. The second-order valence-corrected chi connectivity index (χ2v) is 5.78. The summed E-state index contributed by atoms with van der Waals surface area (Å²) in [5.41, 5.74) is 5.75. The number of nitrogens with two attached hydrogens (primary N) is 1. The van der Waals surface area contributed by atoms with E-state index in [0.29, 0.717) is 6.54 Å². The Labute approximate surface area is 140 Å². The first kappa shape index (κ1) is 18.7. The number of rotatable bonds is 3. The van der Waals surface area contributed by atoms with E-state index in [9.17, 15) is 14.9 Å². The predicted molar refractivity (Wildman–Crippen MR) is 87.7 cm³/mol. The minimum absolute atomic E-state index is 0. The molecule has 1 saturated heterocycles. The highest BCUT2D eigenvalue weighted by atomic mass is 35.5. The lowest BCUT2D eigenvalue weighted by molar-refractivity contribution is -0.385. The molecular formula is C14H19Cl2N3O3. The number of hydrogen-bond donors (Lipinski definition) is 1. The van der Waals surface area contributed by atoms with E-state index in [-0.39, 0.29) is 46.7 Å². The molecule has 1 aromatic rings. The van der Waals surface area contributed by atoms with Gasteiger partial charge in [-0.3, -0.25) is 14.9 Å². The molecule has 1 aromatic carbocycles. The van der Waals surface area contributed by atoms with E-state index in [1.165, 1.54) is 18.2 Å². The van der Waals surface area contributed by atoms with Crippen molar-refractivity contribution in [2.45, 2.75) is 38.3 Å². The van der Waals surface area contributed by atoms with Crippen molar-refractivity contribution in [2.75, 3.05) is 6.54 Å². The molecule has 8 heteroatoms. The SMILES string of the molecule is CC(N)C1CCCCN1C(=O)c1ccc(Cl)cc1[N+](=O)[O-].Cl. The molecule has 2 N–H and O–H groups in total. The molecule has 1 aliphatic heterocycles. The van der Waals surface area contributed by atoms with Crippen LogP contribution < -0.4 is 5.73 Å². The number of carbonyl (C=O) groups is 1. The lowest BCUT2D eigenvalue weighted by Gasteiger charge is -2.38. The van der Waals surface area contributed by atoms with Gasteiger partial charge in [0.2, 0.25) is 0 Å². The van der Waals surface area contributed by atoms with Crippen LogP contribution in [0.2, 0.25) is 5.02 Å². The quantitative estimate of drug-likeness (QED) is 0.672. The van der Waals surface area contributed by atoms with Crippen molar-refractivity contribution in [1.29, 1.82) is 0 Å². The third-order valence-electron chi connectivity index (χ3n) is 3.80. The Bertz CT molecular complexity index is 566. The Morgan fingerprint density at radius 3 is 2.77 bits per heavy atom. The number of halogens is 2. The van der Waals surface area contributed by atoms with Gasteiger partial charge in [-0.25, -0.2) is 0 Å². The number of nitro benzene ring substituents is 1. The van der Waals surface area contributed by atoms with Crippen LogP contribution in [-0.4, -0.2) is 34.4 Å². The van der Waals surface area contributed by atoms with Crippen molar-refractivity contribution in [1.82, 2.24) is 4.90 Å². The van der Waals surface area contributed by atoms with Crippen molar-refractivity contribution in [3.05, 3.63) is 38.9 Å². The number of hydrogen-bond acceptors (Lipinski definition) is 4. The van der Waals surface area contributed by atoms with Crippen LogP contribution in [0.15, 0.2) is 18.2 Å². The number of nitrogens with zero attached hydrogens (tertiary/aromatic N) is 2. The third kappa shape index (κ3) is 3.88. The van der Waals surface area contributed by atoms with Gasteiger partial charge in [0.1, 0.15) is 5.56 Å². The van der Waals surface area contributed by atoms with Gasteiger partial charge in [-0.05, 0) is 38.3 Å². The highest BCUT2D eigenvalue weighted by molar-refractivity contribution is 6.31. The lowest BCUT2D eigenvalue weighted by atomic mass is 9.96. The monoisotopic (exact) mass is 347 g/mol. The molecule has 122 valence electrons. The molecule has 0 aromatic heterocycles. The minimum Gasteiger partial charge on any atom is -0.334 e. The summed E-state index contributed by atoms with van der Waals surface area (Å²) < 4.78 is 0. The van der Waals surface area contributed by atoms with Crippen LogP contribution in [0.25, 0.3) is 0 Å². The van der Waals surface area contributed by atoms with Gasteiger partial charge in [0.25, 0.3) is 11.6 Å². The molecule has 0 saturated carbocycles. The summed E-state index contributed by atoms with van der Waals surface area (Å²) in [6, 6.07) is 3.86. The zero-order valence-corrected chi connectivity index (χ0v) is 13.8. The van der Waals surface area contributed by atoms with Crippen molar-refractivity contribution in [3.8, 4) is 0 Å². The maximum Gasteiger partial charge on any atom is 0.283 e. The van der Waals surface area contributed by atoms with Crippen LogP contribution in [0.3, 0.4) is 0 Å². The number of likely N-dealkylation sites (tertiary alicyclic amines) is 1. The average Bonchev–Trinajstić information content (AvgIpc) is 2.46. The van der Waals surface area contributed by atoms with Gasteiger partial charge in [-0.2, -0.15) is 0 Å². The smallest absolute Gasteiger partial charge is 0.283 e. The van der Waals surface area contributed by atoms with Crippen LogP contribution in [0.5, 0.6) is 0 Å². The molecular weight excluding hydrogens is 329 g/mol. The van der Waals surface area contributed by atoms with Crippen molar-refractivity contribution < 1.29 is 9.72 Å². The van der Waals surface area contributed by atoms with Crippen molar-refractivity contribution in [3.63, 3.8) is 0 Å². The van der Waals surface area contributed by atoms with E-state index in [4.69, 9.17) is 17.3 Å². The molecule has 1 aliphatic rings. The Balaban J connectivity index is 0.00000242. The summed E-state index contributed by atoms with van der Waals surface area (Å²) in [7, 11) is 0. The Kier molecular flexibility index (Phi) is 6.59. The first-order valence-corrected chi connectivity index (χ1v) is 7.30. The molecule has 1 fully saturated rings. The van der Waals surface area contributed by atoms with Crippen LogP contribution in [0.1, 0.15) is 36.5 Å². The number of carbonyl (C=O) groups excluding carboxylic acids is 1. The van der Waals surface area contributed by atoms with E-state index in [1.54, 1.807) is 4.90 Å². The molecule has 6 nitrogen and oxygen atoms in total. The molecule has 0 radical (unpaired) electrons. The van der Waals surface area contributed by atoms with Gasteiger partial charge in [0.15, 0.2) is 0 Å². The summed E-state index contributed by atoms with van der Waals surface area (Å²) in [4.78, 5) is 24.9. The topological polar surface area (TPSA) is 89.5 Å². The first-order valence-electron chi connectivity index (χ1n) is 6.92. The average molecular weight is 348 g/mol. The maximum absolute atomic E-state index is 12.7. The van der Waals surface area contributed by atoms with E-state index in [2.05, 4.69) is 0 Å². The summed E-state index contributed by atoms with van der Waals surface area (Å²) >= 11 is 5.78. The number of nitro groups is 1. The Morgan fingerprint density at radius 1 is 1.50 bits per heavy atom. The zero-order valence-electron chi connectivity index (χ0n) is 12.2. The Morgan fingerprint density at radius 2 is 2.18 bits per heavy atom. The van der Waals surface area contributed by atoms with Crippen LogP contribution in [0, 0.1) is 10.1 Å². The highest BCUT2D eigenvalue weighted by Crippen LogP contribution is 2.27. The summed E-state index contributed by atoms with van der Waals surface area (Å²) in [5.74, 6) is -0.347. The van der Waals surface area contributed by atoms with Crippen LogP contribution in [-0.2, 0) is 0 Å². The van der Waals surface area contributed by atoms with Crippen LogP contribution >= 0.6 is 24.0 Å². The fourth-order valence-electron chi connectivity index (χ4n) is 2.75. The fourth-order valence-corrected chi connectivity index (χ4v) is 2.91. The largest absolute Gasteiger partial charge is 0.334 e. The third-order valence-corrected chi connectivity index (χ3v) is 4.04. The van der Waals surface area contributed by atoms with Gasteiger partial charge in [-0.1, -0.05) is 11.6 Å². The molecule has 22 heavy (non-hydrogen) atoms. The number of piperidine rings is 1. The lowest BCUT2D eigenvalue weighted by Crippen LogP contribution is -2.51. The number of amides is 1. The van der Waals surface area contributed by atoms with E-state index in [0.717, 1.165) is 19.3 Å². The highest BCUT2D eigenvalue weighted by Gasteiger charge is 2.33. The van der Waals surface area contributed by atoms with Gasteiger partial charge in [0, 0.05) is 29.7 Å². The molecule has 1 heterocycles. The predicted octanol–water partition coefficient (Wildman–Crippen LogP) is 3.01. The minimum atomic E-state index is -0.579. The summed E-state index contributed by atoms with van der Waals surface area (Å²) in [5, 5.41) is 11.4. The van der Waals surface area contributed by atoms with E-state index >= 15 is 0 Å². The molecule has 2 unspecified atom stereocenters. The van der Waals surface area contributed by atoms with Gasteiger partial charge in [-0.15, -0.1) is 12.4 Å².